The molecule has 0 fully saturated rings. The minimum absolute atomic E-state index is 0.133. The van der Waals surface area contributed by atoms with E-state index in [1.165, 1.54) is 0 Å². The van der Waals surface area contributed by atoms with Gasteiger partial charge in [-0.15, -0.1) is 0 Å². The van der Waals surface area contributed by atoms with Crippen LogP contribution in [-0.4, -0.2) is 11.7 Å². The molecule has 0 radical (unpaired) electrons. The highest BCUT2D eigenvalue weighted by atomic mass is 35.5. The van der Waals surface area contributed by atoms with Crippen LogP contribution in [0.25, 0.3) is 0 Å². The van der Waals surface area contributed by atoms with Crippen LogP contribution in [0.3, 0.4) is 0 Å². The molecule has 1 atom stereocenters. The van der Waals surface area contributed by atoms with E-state index in [4.69, 9.17) is 16.7 Å². The van der Waals surface area contributed by atoms with E-state index in [9.17, 15) is 0 Å². The van der Waals surface area contributed by atoms with Crippen LogP contribution in [0.5, 0.6) is 0 Å². The zero-order chi connectivity index (χ0) is 8.97. The highest BCUT2D eigenvalue weighted by Gasteiger charge is 2.07. The van der Waals surface area contributed by atoms with Gasteiger partial charge in [0, 0.05) is 23.6 Å². The van der Waals surface area contributed by atoms with Crippen LogP contribution >= 0.6 is 11.6 Å². The van der Waals surface area contributed by atoms with Gasteiger partial charge >= 0.3 is 0 Å². The van der Waals surface area contributed by atoms with E-state index in [0.717, 1.165) is 10.6 Å². The van der Waals surface area contributed by atoms with Gasteiger partial charge < -0.3 is 10.8 Å². The van der Waals surface area contributed by atoms with Crippen molar-refractivity contribution in [2.75, 3.05) is 6.61 Å². The van der Waals surface area contributed by atoms with Crippen LogP contribution in [-0.2, 0) is 0 Å². The third-order valence-corrected chi connectivity index (χ3v) is 2.03. The molecule has 0 spiro atoms. The molecule has 0 bridgehead atoms. The fourth-order valence-corrected chi connectivity index (χ4v) is 1.28. The molecule has 0 aliphatic carbocycles. The molecule has 12 heavy (non-hydrogen) atoms. The molecule has 0 saturated carbocycles. The summed E-state index contributed by atoms with van der Waals surface area (Å²) in [6.45, 7) is 0.167. The zero-order valence-corrected chi connectivity index (χ0v) is 7.59. The predicted molar refractivity (Wildman–Crippen MR) is 48.8 cm³/mol. The first kappa shape index (κ1) is 9.52. The number of aliphatic hydroxyl groups is 1. The lowest BCUT2D eigenvalue weighted by molar-refractivity contribution is -0.428. The average molecular weight is 187 g/mol. The highest BCUT2D eigenvalue weighted by Crippen LogP contribution is 2.16. The first-order valence-corrected chi connectivity index (χ1v) is 4.31. The molecule has 0 aliphatic rings. The molecule has 1 rings (SSSR count). The molecule has 0 heterocycles. The Bertz CT molecular complexity index is 252. The van der Waals surface area contributed by atoms with Crippen LogP contribution < -0.4 is 5.73 Å². The standard InChI is InChI=1S/C9H12ClNO/c10-8-3-1-2-7(6-8)9(11)4-5-12/h1-3,6,9,12H,4-5,11H2/p+1/t9-/m1/s1. The van der Waals surface area contributed by atoms with Crippen molar-refractivity contribution in [2.45, 2.75) is 12.5 Å². The Balaban J connectivity index is 2.73. The molecular formula is C9H13ClNO+. The Morgan fingerprint density at radius 2 is 2.25 bits per heavy atom. The van der Waals surface area contributed by atoms with E-state index < -0.39 is 0 Å². The van der Waals surface area contributed by atoms with E-state index in [0.29, 0.717) is 6.42 Å². The second-order valence-electron chi connectivity index (χ2n) is 2.76. The summed E-state index contributed by atoms with van der Waals surface area (Å²) in [7, 11) is 0. The minimum atomic E-state index is 0.133. The summed E-state index contributed by atoms with van der Waals surface area (Å²) in [5.41, 5.74) is 5.00. The number of rotatable bonds is 3. The summed E-state index contributed by atoms with van der Waals surface area (Å²) >= 11 is 5.80. The summed E-state index contributed by atoms with van der Waals surface area (Å²) in [5, 5.41) is 9.42. The molecular weight excluding hydrogens is 174 g/mol. The lowest BCUT2D eigenvalue weighted by atomic mass is 10.1. The van der Waals surface area contributed by atoms with Gasteiger partial charge in [0.15, 0.2) is 0 Å². The monoisotopic (exact) mass is 186 g/mol. The maximum absolute atomic E-state index is 8.69. The molecule has 0 amide bonds. The van der Waals surface area contributed by atoms with Gasteiger partial charge in [0.2, 0.25) is 0 Å². The van der Waals surface area contributed by atoms with Crippen molar-refractivity contribution in [3.63, 3.8) is 0 Å². The zero-order valence-electron chi connectivity index (χ0n) is 6.83. The van der Waals surface area contributed by atoms with E-state index in [-0.39, 0.29) is 12.6 Å². The molecule has 0 unspecified atom stereocenters. The molecule has 1 aromatic carbocycles. The number of benzene rings is 1. The van der Waals surface area contributed by atoms with Gasteiger partial charge in [-0.2, -0.15) is 0 Å². The second kappa shape index (κ2) is 4.45. The smallest absolute Gasteiger partial charge is 0.112 e. The largest absolute Gasteiger partial charge is 0.396 e. The normalized spacial score (nSPS) is 12.9. The van der Waals surface area contributed by atoms with Crippen LogP contribution in [0.1, 0.15) is 18.0 Å². The molecule has 2 nitrogen and oxygen atoms in total. The van der Waals surface area contributed by atoms with Gasteiger partial charge in [-0.1, -0.05) is 23.7 Å². The number of halogens is 1. The van der Waals surface area contributed by atoms with Gasteiger partial charge in [-0.05, 0) is 12.1 Å². The van der Waals surface area contributed by atoms with Crippen LogP contribution in [0.15, 0.2) is 24.3 Å². The first-order valence-electron chi connectivity index (χ1n) is 3.93. The van der Waals surface area contributed by atoms with Crippen molar-refractivity contribution >= 4 is 11.6 Å². The molecule has 0 aromatic heterocycles. The number of quaternary nitrogens is 1. The van der Waals surface area contributed by atoms with Crippen molar-refractivity contribution in [3.8, 4) is 0 Å². The van der Waals surface area contributed by atoms with Crippen LogP contribution in [0.2, 0.25) is 5.02 Å². The Hall–Kier alpha value is -0.570. The number of hydrogen-bond donors (Lipinski definition) is 2. The summed E-state index contributed by atoms with van der Waals surface area (Å²) in [5.74, 6) is 0. The van der Waals surface area contributed by atoms with Gasteiger partial charge in [-0.25, -0.2) is 0 Å². The SMILES string of the molecule is [NH3+][C@H](CCO)c1cccc(Cl)c1. The summed E-state index contributed by atoms with van der Waals surface area (Å²) in [4.78, 5) is 0. The van der Waals surface area contributed by atoms with Gasteiger partial charge in [0.25, 0.3) is 0 Å². The Labute approximate surface area is 77.0 Å². The highest BCUT2D eigenvalue weighted by molar-refractivity contribution is 6.30. The molecule has 0 saturated heterocycles. The minimum Gasteiger partial charge on any atom is -0.396 e. The van der Waals surface area contributed by atoms with Crippen molar-refractivity contribution in [1.29, 1.82) is 0 Å². The Morgan fingerprint density at radius 1 is 1.50 bits per heavy atom. The molecule has 66 valence electrons. The Kier molecular flexibility index (Phi) is 3.53. The quantitative estimate of drug-likeness (QED) is 0.727. The molecule has 4 N–H and O–H groups in total. The van der Waals surface area contributed by atoms with E-state index in [1.54, 1.807) is 0 Å². The fourth-order valence-electron chi connectivity index (χ4n) is 1.08. The van der Waals surface area contributed by atoms with Crippen molar-refractivity contribution in [3.05, 3.63) is 34.9 Å². The topological polar surface area (TPSA) is 47.9 Å². The third-order valence-electron chi connectivity index (χ3n) is 1.80. The molecule has 3 heteroatoms. The van der Waals surface area contributed by atoms with Crippen LogP contribution in [0.4, 0.5) is 0 Å². The van der Waals surface area contributed by atoms with Crippen molar-refractivity contribution in [2.24, 2.45) is 0 Å². The van der Waals surface area contributed by atoms with E-state index in [2.05, 4.69) is 5.73 Å². The number of aliphatic hydroxyl groups excluding tert-OH is 1. The lowest BCUT2D eigenvalue weighted by Crippen LogP contribution is -2.53. The van der Waals surface area contributed by atoms with Gasteiger partial charge in [0.1, 0.15) is 6.04 Å². The summed E-state index contributed by atoms with van der Waals surface area (Å²) in [6, 6.07) is 7.71. The fraction of sp³-hybridized carbons (Fsp3) is 0.333. The Morgan fingerprint density at radius 3 is 2.83 bits per heavy atom. The average Bonchev–Trinajstić information content (AvgIpc) is 2.05. The summed E-state index contributed by atoms with van der Waals surface area (Å²) in [6.07, 6.45) is 0.681. The predicted octanol–water partition coefficient (Wildman–Crippen LogP) is 1.01. The first-order chi connectivity index (χ1) is 5.74. The van der Waals surface area contributed by atoms with Gasteiger partial charge in [-0.3, -0.25) is 0 Å². The maximum Gasteiger partial charge on any atom is 0.112 e. The van der Waals surface area contributed by atoms with Crippen molar-refractivity contribution < 1.29 is 10.8 Å². The summed E-state index contributed by atoms with van der Waals surface area (Å²) < 4.78 is 0. The number of hydrogen-bond acceptors (Lipinski definition) is 1. The maximum atomic E-state index is 8.69. The lowest BCUT2D eigenvalue weighted by Gasteiger charge is -2.06. The van der Waals surface area contributed by atoms with E-state index in [1.807, 2.05) is 24.3 Å². The molecule has 1 aromatic rings. The third kappa shape index (κ3) is 2.48. The van der Waals surface area contributed by atoms with Crippen LogP contribution in [0, 0.1) is 0 Å². The van der Waals surface area contributed by atoms with E-state index >= 15 is 0 Å². The molecule has 0 aliphatic heterocycles. The van der Waals surface area contributed by atoms with Crippen molar-refractivity contribution in [1.82, 2.24) is 0 Å². The van der Waals surface area contributed by atoms with Gasteiger partial charge in [0.05, 0.1) is 0 Å². The second-order valence-corrected chi connectivity index (χ2v) is 3.20.